The van der Waals surface area contributed by atoms with Crippen LogP contribution in [0.25, 0.3) is 26.4 Å². The van der Waals surface area contributed by atoms with Gasteiger partial charge in [-0.25, -0.2) is 4.98 Å². The van der Waals surface area contributed by atoms with Crippen molar-refractivity contribution in [1.29, 1.82) is 0 Å². The first-order valence-corrected chi connectivity index (χ1v) is 11.4. The van der Waals surface area contributed by atoms with Gasteiger partial charge in [0.25, 0.3) is 11.8 Å². The number of carbonyl (C=O) groups excluding carboxylic acids is 2. The lowest BCUT2D eigenvalue weighted by Crippen LogP contribution is -2.26. The third kappa shape index (κ3) is 3.99. The average molecular weight is 455 g/mol. The van der Waals surface area contributed by atoms with E-state index in [1.165, 1.54) is 0 Å². The molecule has 2 N–H and O–H groups in total. The third-order valence-corrected chi connectivity index (χ3v) is 6.69. The summed E-state index contributed by atoms with van der Waals surface area (Å²) in [5, 5.41) is 5.69. The molecule has 0 radical (unpaired) electrons. The lowest BCUT2D eigenvalue weighted by Gasteiger charge is -2.14. The normalized spacial score (nSPS) is 12.1. The molecule has 0 aliphatic rings. The summed E-state index contributed by atoms with van der Waals surface area (Å²) < 4.78 is 3.04. The minimum atomic E-state index is -0.114. The van der Waals surface area contributed by atoms with Crippen LogP contribution in [0.2, 0.25) is 0 Å². The van der Waals surface area contributed by atoms with Crippen molar-refractivity contribution in [2.75, 3.05) is 7.05 Å². The number of fused-ring (bicyclic) bond motifs is 3. The second-order valence-corrected chi connectivity index (χ2v) is 8.83. The van der Waals surface area contributed by atoms with Crippen LogP contribution in [0.4, 0.5) is 0 Å². The van der Waals surface area contributed by atoms with Gasteiger partial charge < -0.3 is 10.6 Å². The Hall–Kier alpha value is -3.97. The second kappa shape index (κ2) is 8.52. The fraction of sp³-hybridized carbons (Fsp3) is 0.115. The van der Waals surface area contributed by atoms with Gasteiger partial charge in [0, 0.05) is 29.9 Å². The number of aromatic nitrogens is 2. The molecule has 0 aliphatic carbocycles. The molecule has 2 heterocycles. The molecule has 2 amide bonds. The van der Waals surface area contributed by atoms with E-state index in [0.29, 0.717) is 11.1 Å². The molecule has 0 saturated heterocycles. The molecule has 5 rings (SSSR count). The van der Waals surface area contributed by atoms with E-state index in [0.717, 1.165) is 32.0 Å². The van der Waals surface area contributed by atoms with Gasteiger partial charge in [0.15, 0.2) is 4.96 Å². The van der Waals surface area contributed by atoms with E-state index in [1.54, 1.807) is 30.5 Å². The Balaban J connectivity index is 1.40. The van der Waals surface area contributed by atoms with E-state index in [2.05, 4.69) is 10.6 Å². The summed E-state index contributed by atoms with van der Waals surface area (Å²) in [7, 11) is 1.61. The van der Waals surface area contributed by atoms with E-state index in [9.17, 15) is 9.59 Å². The van der Waals surface area contributed by atoms with Gasteiger partial charge in [0.05, 0.1) is 22.0 Å². The summed E-state index contributed by atoms with van der Waals surface area (Å²) in [6, 6.07) is 22.9. The number of nitrogens with one attached hydrogen (secondary N) is 2. The molecule has 164 valence electrons. The van der Waals surface area contributed by atoms with Crippen molar-refractivity contribution >= 4 is 38.3 Å². The predicted octanol–water partition coefficient (Wildman–Crippen LogP) is 5.07. The topological polar surface area (TPSA) is 75.5 Å². The maximum Gasteiger partial charge on any atom is 0.251 e. The van der Waals surface area contributed by atoms with Gasteiger partial charge >= 0.3 is 0 Å². The molecule has 0 spiro atoms. The summed E-state index contributed by atoms with van der Waals surface area (Å²) in [5.41, 5.74) is 5.09. The second-order valence-electron chi connectivity index (χ2n) is 7.83. The van der Waals surface area contributed by atoms with Crippen molar-refractivity contribution in [3.63, 3.8) is 0 Å². The Morgan fingerprint density at radius 2 is 1.67 bits per heavy atom. The van der Waals surface area contributed by atoms with E-state index in [4.69, 9.17) is 4.98 Å². The molecule has 0 unspecified atom stereocenters. The fourth-order valence-electron chi connectivity index (χ4n) is 3.82. The van der Waals surface area contributed by atoms with Crippen LogP contribution in [-0.4, -0.2) is 28.2 Å². The zero-order valence-electron chi connectivity index (χ0n) is 18.2. The van der Waals surface area contributed by atoms with E-state index >= 15 is 0 Å². The Labute approximate surface area is 194 Å². The first kappa shape index (κ1) is 20.9. The summed E-state index contributed by atoms with van der Waals surface area (Å²) in [4.78, 5) is 30.2. The lowest BCUT2D eigenvalue weighted by molar-refractivity contribution is 0.0937. The minimum absolute atomic E-state index is 0.0765. The molecule has 0 saturated carbocycles. The van der Waals surface area contributed by atoms with Crippen molar-refractivity contribution in [1.82, 2.24) is 20.0 Å². The molecular formula is C26H22N4O2S. The first-order valence-electron chi connectivity index (χ1n) is 10.6. The van der Waals surface area contributed by atoms with Gasteiger partial charge in [0.2, 0.25) is 0 Å². The number of amides is 2. The molecule has 2 aromatic heterocycles. The lowest BCUT2D eigenvalue weighted by atomic mass is 10.1. The third-order valence-electron chi connectivity index (χ3n) is 5.67. The summed E-state index contributed by atoms with van der Waals surface area (Å²) in [6.07, 6.45) is 1.99. The van der Waals surface area contributed by atoms with Crippen LogP contribution in [0.1, 0.15) is 39.2 Å². The molecule has 7 heteroatoms. The Morgan fingerprint density at radius 1 is 0.939 bits per heavy atom. The van der Waals surface area contributed by atoms with Gasteiger partial charge in [0.1, 0.15) is 0 Å². The van der Waals surface area contributed by atoms with Crippen LogP contribution >= 0.6 is 11.3 Å². The zero-order chi connectivity index (χ0) is 22.9. The predicted molar refractivity (Wildman–Crippen MR) is 132 cm³/mol. The van der Waals surface area contributed by atoms with Gasteiger partial charge in [-0.3, -0.25) is 14.0 Å². The number of nitrogens with zero attached hydrogens (tertiary/aromatic N) is 2. The largest absolute Gasteiger partial charge is 0.355 e. The molecule has 1 atom stereocenters. The van der Waals surface area contributed by atoms with Crippen molar-refractivity contribution in [2.24, 2.45) is 0 Å². The Kier molecular flexibility index (Phi) is 5.40. The quantitative estimate of drug-likeness (QED) is 0.389. The van der Waals surface area contributed by atoms with Crippen molar-refractivity contribution in [3.8, 4) is 11.3 Å². The van der Waals surface area contributed by atoms with Gasteiger partial charge in [-0.1, -0.05) is 53.8 Å². The molecule has 0 aliphatic heterocycles. The maximum absolute atomic E-state index is 12.8. The molecule has 6 nitrogen and oxygen atoms in total. The maximum atomic E-state index is 12.8. The number of benzene rings is 3. The molecule has 3 aromatic carbocycles. The monoisotopic (exact) mass is 454 g/mol. The van der Waals surface area contributed by atoms with Crippen molar-refractivity contribution in [3.05, 3.63) is 95.7 Å². The Bertz CT molecular complexity index is 1470. The molecule has 33 heavy (non-hydrogen) atoms. The number of imidazole rings is 1. The SMILES string of the molecule is CNC(=O)c1ccc(-c2cn3c(n2)sc2cc(C(=O)N[C@@H](C)c4ccccc4)ccc23)cc1. The number of hydrogen-bond donors (Lipinski definition) is 2. The summed E-state index contributed by atoms with van der Waals surface area (Å²) in [5.74, 6) is -0.215. The van der Waals surface area contributed by atoms with Crippen LogP contribution in [0.15, 0.2) is 79.0 Å². The molecular weight excluding hydrogens is 432 g/mol. The number of rotatable bonds is 5. The van der Waals surface area contributed by atoms with Crippen molar-refractivity contribution < 1.29 is 9.59 Å². The summed E-state index contributed by atoms with van der Waals surface area (Å²) in [6.45, 7) is 1.98. The highest BCUT2D eigenvalue weighted by Crippen LogP contribution is 2.30. The fourth-order valence-corrected chi connectivity index (χ4v) is 4.87. The smallest absolute Gasteiger partial charge is 0.251 e. The number of hydrogen-bond acceptors (Lipinski definition) is 4. The molecule has 0 bridgehead atoms. The highest BCUT2D eigenvalue weighted by molar-refractivity contribution is 7.23. The molecule has 0 fully saturated rings. The number of thiazole rings is 1. The Morgan fingerprint density at radius 3 is 2.39 bits per heavy atom. The average Bonchev–Trinajstić information content (AvgIpc) is 3.41. The van der Waals surface area contributed by atoms with E-state index < -0.39 is 0 Å². The van der Waals surface area contributed by atoms with Crippen LogP contribution in [0.3, 0.4) is 0 Å². The van der Waals surface area contributed by atoms with Gasteiger partial charge in [-0.2, -0.15) is 0 Å². The van der Waals surface area contributed by atoms with Crippen LogP contribution in [-0.2, 0) is 0 Å². The van der Waals surface area contributed by atoms with E-state index in [-0.39, 0.29) is 17.9 Å². The minimum Gasteiger partial charge on any atom is -0.355 e. The van der Waals surface area contributed by atoms with E-state index in [1.807, 2.05) is 78.2 Å². The highest BCUT2D eigenvalue weighted by Gasteiger charge is 2.15. The van der Waals surface area contributed by atoms with Crippen LogP contribution in [0.5, 0.6) is 0 Å². The first-order chi connectivity index (χ1) is 16.0. The van der Waals surface area contributed by atoms with Gasteiger partial charge in [-0.15, -0.1) is 0 Å². The zero-order valence-corrected chi connectivity index (χ0v) is 19.0. The molecule has 5 aromatic rings. The van der Waals surface area contributed by atoms with Crippen LogP contribution in [0, 0.1) is 0 Å². The standard InChI is InChI=1S/C26H22N4O2S/c1-16(17-6-4-3-5-7-17)28-25(32)20-12-13-22-23(14-20)33-26-29-21(15-30(22)26)18-8-10-19(11-9-18)24(31)27-2/h3-16H,1-2H3,(H,27,31)(H,28,32)/t16-/m0/s1. The summed E-state index contributed by atoms with van der Waals surface area (Å²) >= 11 is 1.54. The number of carbonyl (C=O) groups is 2. The van der Waals surface area contributed by atoms with Gasteiger partial charge in [-0.05, 0) is 42.8 Å². The van der Waals surface area contributed by atoms with Crippen molar-refractivity contribution in [2.45, 2.75) is 13.0 Å². The van der Waals surface area contributed by atoms with Crippen LogP contribution < -0.4 is 10.6 Å². The highest BCUT2D eigenvalue weighted by atomic mass is 32.1.